The van der Waals surface area contributed by atoms with Crippen molar-refractivity contribution in [2.75, 3.05) is 25.3 Å². The molecule has 9 nitrogen and oxygen atoms in total. The number of thioether (sulfide) groups is 1. The Kier molecular flexibility index (Phi) is 7.91. The lowest BCUT2D eigenvalue weighted by molar-refractivity contribution is -0.150. The largest absolute Gasteiger partial charge is 0.493 e. The molecule has 184 valence electrons. The fourth-order valence-corrected chi connectivity index (χ4v) is 4.68. The Bertz CT molecular complexity index is 1130. The molecule has 0 saturated heterocycles. The first kappa shape index (κ1) is 24.6. The maximum absolute atomic E-state index is 12.5. The van der Waals surface area contributed by atoms with Gasteiger partial charge in [-0.1, -0.05) is 23.9 Å². The van der Waals surface area contributed by atoms with Crippen molar-refractivity contribution in [3.05, 3.63) is 53.6 Å². The highest BCUT2D eigenvalue weighted by molar-refractivity contribution is 8.14. The second kappa shape index (κ2) is 11.3. The van der Waals surface area contributed by atoms with Gasteiger partial charge in [0, 0.05) is 17.0 Å². The van der Waals surface area contributed by atoms with Gasteiger partial charge in [0.25, 0.3) is 0 Å². The SMILES string of the molecule is COC(=O)C(=O)Nc1ccc(CN2N=C(c3ccc(OC)c(OC4CCCC4)c3)CSC2=O)cc1. The predicted molar refractivity (Wildman–Crippen MR) is 133 cm³/mol. The van der Waals surface area contributed by atoms with Gasteiger partial charge in [-0.15, -0.1) is 0 Å². The first-order valence-corrected chi connectivity index (χ1v) is 12.3. The van der Waals surface area contributed by atoms with Crippen molar-refractivity contribution in [3.63, 3.8) is 0 Å². The summed E-state index contributed by atoms with van der Waals surface area (Å²) in [6.07, 6.45) is 4.62. The molecule has 0 spiro atoms. The number of hydrazone groups is 1. The number of anilines is 1. The summed E-state index contributed by atoms with van der Waals surface area (Å²) in [7, 11) is 2.76. The Morgan fingerprint density at radius 3 is 2.51 bits per heavy atom. The zero-order chi connectivity index (χ0) is 24.8. The minimum absolute atomic E-state index is 0.146. The summed E-state index contributed by atoms with van der Waals surface area (Å²) in [6, 6.07) is 12.5. The molecule has 1 N–H and O–H groups in total. The topological polar surface area (TPSA) is 107 Å². The molecule has 0 atom stereocenters. The Morgan fingerprint density at radius 2 is 1.83 bits per heavy atom. The third-order valence-corrected chi connectivity index (χ3v) is 6.67. The summed E-state index contributed by atoms with van der Waals surface area (Å²) in [5.74, 6) is 0.00740. The smallest absolute Gasteiger partial charge is 0.396 e. The molecule has 4 rings (SSSR count). The first-order valence-electron chi connectivity index (χ1n) is 11.3. The molecule has 0 aromatic heterocycles. The van der Waals surface area contributed by atoms with E-state index in [-0.39, 0.29) is 17.9 Å². The van der Waals surface area contributed by atoms with E-state index in [0.29, 0.717) is 22.9 Å². The molecule has 2 aliphatic rings. The van der Waals surface area contributed by atoms with Gasteiger partial charge in [-0.25, -0.2) is 9.80 Å². The van der Waals surface area contributed by atoms with Crippen LogP contribution in [0.1, 0.15) is 36.8 Å². The molecular formula is C25H27N3O6S. The van der Waals surface area contributed by atoms with Crippen LogP contribution < -0.4 is 14.8 Å². The number of nitrogens with zero attached hydrogens (tertiary/aromatic N) is 2. The maximum Gasteiger partial charge on any atom is 0.396 e. The second-order valence-corrected chi connectivity index (χ2v) is 9.12. The lowest BCUT2D eigenvalue weighted by Crippen LogP contribution is -2.29. The second-order valence-electron chi connectivity index (χ2n) is 8.19. The number of amides is 2. The highest BCUT2D eigenvalue weighted by atomic mass is 32.2. The number of carbonyl (C=O) groups is 3. The summed E-state index contributed by atoms with van der Waals surface area (Å²) in [4.78, 5) is 35.4. The summed E-state index contributed by atoms with van der Waals surface area (Å²) in [5.41, 5.74) is 2.92. The van der Waals surface area contributed by atoms with Crippen LogP contribution in [0, 0.1) is 0 Å². The van der Waals surface area contributed by atoms with E-state index in [0.717, 1.165) is 36.8 Å². The van der Waals surface area contributed by atoms with E-state index in [1.807, 2.05) is 18.2 Å². The van der Waals surface area contributed by atoms with Gasteiger partial charge in [0.2, 0.25) is 0 Å². The van der Waals surface area contributed by atoms with Crippen LogP contribution in [0.15, 0.2) is 47.6 Å². The maximum atomic E-state index is 12.5. The molecule has 2 aromatic rings. The summed E-state index contributed by atoms with van der Waals surface area (Å²) in [5, 5.41) is 8.35. The quantitative estimate of drug-likeness (QED) is 0.451. The number of ether oxygens (including phenoxy) is 3. The number of esters is 1. The molecule has 1 fully saturated rings. The van der Waals surface area contributed by atoms with Crippen molar-refractivity contribution < 1.29 is 28.6 Å². The Labute approximate surface area is 207 Å². The van der Waals surface area contributed by atoms with Gasteiger partial charge in [0.05, 0.1) is 32.6 Å². The number of benzene rings is 2. The summed E-state index contributed by atoms with van der Waals surface area (Å²) in [6.45, 7) is 0.266. The third-order valence-electron chi connectivity index (χ3n) is 5.79. The van der Waals surface area contributed by atoms with Crippen LogP contribution in [-0.2, 0) is 20.9 Å². The number of hydrogen-bond acceptors (Lipinski definition) is 8. The zero-order valence-electron chi connectivity index (χ0n) is 19.6. The zero-order valence-corrected chi connectivity index (χ0v) is 20.4. The highest BCUT2D eigenvalue weighted by Gasteiger charge is 2.24. The van der Waals surface area contributed by atoms with E-state index in [1.54, 1.807) is 31.4 Å². The van der Waals surface area contributed by atoms with Crippen LogP contribution in [0.4, 0.5) is 10.5 Å². The van der Waals surface area contributed by atoms with Crippen molar-refractivity contribution in [2.24, 2.45) is 5.10 Å². The van der Waals surface area contributed by atoms with Gasteiger partial charge in [0.15, 0.2) is 11.5 Å². The highest BCUT2D eigenvalue weighted by Crippen LogP contribution is 2.33. The molecule has 0 radical (unpaired) electrons. The van der Waals surface area contributed by atoms with Gasteiger partial charge in [0.1, 0.15) is 0 Å². The van der Waals surface area contributed by atoms with Crippen molar-refractivity contribution in [1.82, 2.24) is 5.01 Å². The Hall–Kier alpha value is -3.53. The molecule has 1 aliphatic carbocycles. The average molecular weight is 498 g/mol. The van der Waals surface area contributed by atoms with Gasteiger partial charge in [-0.05, 0) is 61.6 Å². The average Bonchev–Trinajstić information content (AvgIpc) is 3.39. The number of rotatable bonds is 7. The van der Waals surface area contributed by atoms with Crippen LogP contribution in [0.3, 0.4) is 0 Å². The molecular weight excluding hydrogens is 470 g/mol. The van der Waals surface area contributed by atoms with Crippen molar-refractivity contribution in [2.45, 2.75) is 38.3 Å². The number of hydrogen-bond donors (Lipinski definition) is 1. The van der Waals surface area contributed by atoms with E-state index < -0.39 is 11.9 Å². The normalized spacial score (nSPS) is 16.0. The molecule has 1 heterocycles. The van der Waals surface area contributed by atoms with E-state index in [1.165, 1.54) is 29.6 Å². The van der Waals surface area contributed by atoms with Crippen molar-refractivity contribution in [3.8, 4) is 11.5 Å². The van der Waals surface area contributed by atoms with E-state index in [4.69, 9.17) is 9.47 Å². The van der Waals surface area contributed by atoms with E-state index in [2.05, 4.69) is 15.2 Å². The lowest BCUT2D eigenvalue weighted by Gasteiger charge is -2.24. The summed E-state index contributed by atoms with van der Waals surface area (Å²) >= 11 is 1.19. The Balaban J connectivity index is 1.48. The van der Waals surface area contributed by atoms with Crippen molar-refractivity contribution >= 4 is 40.3 Å². The van der Waals surface area contributed by atoms with E-state index in [9.17, 15) is 14.4 Å². The van der Waals surface area contributed by atoms with Crippen LogP contribution >= 0.6 is 11.8 Å². The molecule has 0 unspecified atom stereocenters. The molecule has 1 saturated carbocycles. The number of methoxy groups -OCH3 is 2. The molecule has 0 bridgehead atoms. The fraction of sp³-hybridized carbons (Fsp3) is 0.360. The molecule has 35 heavy (non-hydrogen) atoms. The van der Waals surface area contributed by atoms with Crippen LogP contribution in [0.5, 0.6) is 11.5 Å². The Morgan fingerprint density at radius 1 is 1.09 bits per heavy atom. The van der Waals surface area contributed by atoms with Crippen LogP contribution in [0.25, 0.3) is 0 Å². The molecule has 10 heteroatoms. The first-order chi connectivity index (χ1) is 17.0. The molecule has 1 aliphatic heterocycles. The monoisotopic (exact) mass is 497 g/mol. The minimum Gasteiger partial charge on any atom is -0.493 e. The lowest BCUT2D eigenvalue weighted by atomic mass is 10.1. The third kappa shape index (κ3) is 6.13. The number of carbonyl (C=O) groups excluding carboxylic acids is 3. The van der Waals surface area contributed by atoms with Crippen LogP contribution in [0.2, 0.25) is 0 Å². The van der Waals surface area contributed by atoms with Crippen molar-refractivity contribution in [1.29, 1.82) is 0 Å². The van der Waals surface area contributed by atoms with Gasteiger partial charge >= 0.3 is 17.1 Å². The summed E-state index contributed by atoms with van der Waals surface area (Å²) < 4.78 is 16.1. The minimum atomic E-state index is -0.970. The molecule has 2 aromatic carbocycles. The predicted octanol–water partition coefficient (Wildman–Crippen LogP) is 4.20. The molecule has 2 amide bonds. The van der Waals surface area contributed by atoms with Gasteiger partial charge in [-0.3, -0.25) is 9.59 Å². The fourth-order valence-electron chi connectivity index (χ4n) is 3.94. The standard InChI is InChI=1S/C25H27N3O6S/c1-32-21-12-9-17(13-22(21)34-19-5-3-4-6-19)20-15-35-25(31)28(27-20)14-16-7-10-18(11-8-16)26-23(29)24(30)33-2/h7-13,19H,3-6,14-15H2,1-2H3,(H,26,29). The van der Waals surface area contributed by atoms with Gasteiger partial charge in [-0.2, -0.15) is 5.10 Å². The van der Waals surface area contributed by atoms with Gasteiger partial charge < -0.3 is 19.5 Å². The van der Waals surface area contributed by atoms with Crippen LogP contribution in [-0.4, -0.2) is 53.9 Å². The number of nitrogens with one attached hydrogen (secondary N) is 1. The van der Waals surface area contributed by atoms with E-state index >= 15 is 0 Å².